The summed E-state index contributed by atoms with van der Waals surface area (Å²) in [6, 6.07) is 9.52. The lowest BCUT2D eigenvalue weighted by Gasteiger charge is -2.23. The van der Waals surface area contributed by atoms with Gasteiger partial charge in [0.15, 0.2) is 0 Å². The second-order valence-electron chi connectivity index (χ2n) is 4.49. The number of nitrogens with zero attached hydrogens (tertiary/aromatic N) is 3. The van der Waals surface area contributed by atoms with Crippen molar-refractivity contribution < 1.29 is 9.18 Å². The van der Waals surface area contributed by atoms with Crippen molar-refractivity contribution in [1.82, 2.24) is 5.43 Å². The van der Waals surface area contributed by atoms with Crippen molar-refractivity contribution in [2.24, 2.45) is 16.9 Å². The molecule has 0 spiro atoms. The number of hydrazone groups is 1. The first-order valence-electron chi connectivity index (χ1n) is 5.97. The molecule has 0 fully saturated rings. The zero-order chi connectivity index (χ0) is 14.7. The zero-order valence-corrected chi connectivity index (χ0v) is 10.7. The van der Waals surface area contributed by atoms with Gasteiger partial charge in [0, 0.05) is 11.6 Å². The first-order chi connectivity index (χ1) is 9.60. The summed E-state index contributed by atoms with van der Waals surface area (Å²) in [5.74, 6) is -3.79. The van der Waals surface area contributed by atoms with Crippen molar-refractivity contribution in [3.8, 4) is 12.1 Å². The Kier molecular flexibility index (Phi) is 3.76. The lowest BCUT2D eigenvalue weighted by atomic mass is 9.75. The van der Waals surface area contributed by atoms with E-state index in [2.05, 4.69) is 10.5 Å². The number of amides is 1. The van der Waals surface area contributed by atoms with E-state index in [0.717, 1.165) is 0 Å². The number of benzene rings is 1. The van der Waals surface area contributed by atoms with Crippen molar-refractivity contribution in [3.63, 3.8) is 0 Å². The molecule has 1 aromatic carbocycles. The van der Waals surface area contributed by atoms with Crippen LogP contribution >= 0.6 is 0 Å². The molecule has 1 heterocycles. The summed E-state index contributed by atoms with van der Waals surface area (Å²) in [6.07, 6.45) is 0. The molecule has 0 aliphatic carbocycles. The third kappa shape index (κ3) is 2.24. The Labute approximate surface area is 115 Å². The summed E-state index contributed by atoms with van der Waals surface area (Å²) in [5.41, 5.74) is 2.92. The van der Waals surface area contributed by atoms with Crippen molar-refractivity contribution in [2.75, 3.05) is 0 Å². The number of carbonyl (C=O) groups excluding carboxylic acids is 1. The highest BCUT2D eigenvalue weighted by atomic mass is 19.1. The van der Waals surface area contributed by atoms with Crippen LogP contribution in [0.5, 0.6) is 0 Å². The van der Waals surface area contributed by atoms with Gasteiger partial charge in [0.25, 0.3) is 0 Å². The molecular formula is C14H11FN4O. The van der Waals surface area contributed by atoms with Gasteiger partial charge in [0.05, 0.1) is 18.1 Å². The van der Waals surface area contributed by atoms with Crippen LogP contribution in [-0.2, 0) is 4.79 Å². The van der Waals surface area contributed by atoms with Crippen molar-refractivity contribution >= 4 is 11.6 Å². The Hall–Kier alpha value is -2.73. The third-order valence-corrected chi connectivity index (χ3v) is 3.34. The lowest BCUT2D eigenvalue weighted by Crippen LogP contribution is -2.32. The second-order valence-corrected chi connectivity index (χ2v) is 4.49. The van der Waals surface area contributed by atoms with Gasteiger partial charge in [-0.15, -0.1) is 0 Å². The van der Waals surface area contributed by atoms with E-state index in [4.69, 9.17) is 10.5 Å². The molecule has 0 radical (unpaired) electrons. The number of hydrogen-bond acceptors (Lipinski definition) is 4. The summed E-state index contributed by atoms with van der Waals surface area (Å²) < 4.78 is 14.0. The predicted octanol–water partition coefficient (Wildman–Crippen LogP) is 1.69. The van der Waals surface area contributed by atoms with Crippen molar-refractivity contribution in [3.05, 3.63) is 35.6 Å². The van der Waals surface area contributed by atoms with Crippen LogP contribution in [0.1, 0.15) is 18.4 Å². The second kappa shape index (κ2) is 5.50. The monoisotopic (exact) mass is 270 g/mol. The summed E-state index contributed by atoms with van der Waals surface area (Å²) >= 11 is 0. The Bertz CT molecular complexity index is 642. The Morgan fingerprint density at radius 2 is 2.00 bits per heavy atom. The Morgan fingerprint density at radius 1 is 1.35 bits per heavy atom. The fourth-order valence-corrected chi connectivity index (χ4v) is 2.38. The average molecular weight is 270 g/mol. The fraction of sp³-hybridized carbons (Fsp3) is 0.286. The van der Waals surface area contributed by atoms with E-state index < -0.39 is 29.5 Å². The van der Waals surface area contributed by atoms with Crippen LogP contribution < -0.4 is 5.43 Å². The number of nitriles is 2. The molecule has 2 atom stereocenters. The van der Waals surface area contributed by atoms with Gasteiger partial charge in [0.1, 0.15) is 11.7 Å². The molecule has 0 saturated heterocycles. The van der Waals surface area contributed by atoms with E-state index in [1.165, 1.54) is 18.2 Å². The summed E-state index contributed by atoms with van der Waals surface area (Å²) in [5, 5.41) is 22.0. The van der Waals surface area contributed by atoms with Crippen LogP contribution in [0.2, 0.25) is 0 Å². The molecule has 5 nitrogen and oxygen atoms in total. The van der Waals surface area contributed by atoms with Crippen LogP contribution in [-0.4, -0.2) is 11.6 Å². The fourth-order valence-electron chi connectivity index (χ4n) is 2.38. The van der Waals surface area contributed by atoms with Crippen molar-refractivity contribution in [2.45, 2.75) is 12.8 Å². The SMILES string of the molecule is CC1=NNC(=O)C1C(c1ccccc1F)C(C#N)C#N. The first-order valence-corrected chi connectivity index (χ1v) is 5.97. The molecule has 0 aromatic heterocycles. The topological polar surface area (TPSA) is 89.0 Å². The van der Waals surface area contributed by atoms with E-state index in [9.17, 15) is 9.18 Å². The normalized spacial score (nSPS) is 18.9. The minimum absolute atomic E-state index is 0.178. The van der Waals surface area contributed by atoms with E-state index >= 15 is 0 Å². The maximum atomic E-state index is 14.0. The molecule has 1 amide bonds. The molecule has 2 unspecified atom stereocenters. The quantitative estimate of drug-likeness (QED) is 0.906. The third-order valence-electron chi connectivity index (χ3n) is 3.34. The summed E-state index contributed by atoms with van der Waals surface area (Å²) in [6.45, 7) is 1.61. The maximum Gasteiger partial charge on any atom is 0.249 e. The number of nitrogens with one attached hydrogen (secondary N) is 1. The van der Waals surface area contributed by atoms with E-state index in [-0.39, 0.29) is 5.56 Å². The standard InChI is InChI=1S/C14H11FN4O/c1-8-12(14(20)19-18-8)13(9(6-16)7-17)10-4-2-3-5-11(10)15/h2-5,9,12-13H,1H3,(H,19,20). The minimum Gasteiger partial charge on any atom is -0.272 e. The highest BCUT2D eigenvalue weighted by Gasteiger charge is 2.41. The Balaban J connectivity index is 2.55. The molecular weight excluding hydrogens is 259 g/mol. The van der Waals surface area contributed by atoms with Crippen molar-refractivity contribution in [1.29, 1.82) is 10.5 Å². The van der Waals surface area contributed by atoms with Crippen LogP contribution in [0, 0.1) is 40.3 Å². The molecule has 1 N–H and O–H groups in total. The smallest absolute Gasteiger partial charge is 0.249 e. The molecule has 6 heteroatoms. The molecule has 1 aliphatic rings. The van der Waals surface area contributed by atoms with Gasteiger partial charge in [-0.2, -0.15) is 15.6 Å². The Morgan fingerprint density at radius 3 is 2.50 bits per heavy atom. The zero-order valence-electron chi connectivity index (χ0n) is 10.7. The molecule has 2 rings (SSSR count). The minimum atomic E-state index is -1.13. The molecule has 0 saturated carbocycles. The number of hydrogen-bond donors (Lipinski definition) is 1. The van der Waals surface area contributed by atoms with Gasteiger partial charge in [-0.3, -0.25) is 4.79 Å². The van der Waals surface area contributed by atoms with Gasteiger partial charge in [-0.1, -0.05) is 18.2 Å². The van der Waals surface area contributed by atoms with Crippen LogP contribution in [0.3, 0.4) is 0 Å². The summed E-state index contributed by atoms with van der Waals surface area (Å²) in [7, 11) is 0. The predicted molar refractivity (Wildman–Crippen MR) is 68.6 cm³/mol. The molecule has 100 valence electrons. The van der Waals surface area contributed by atoms with Crippen LogP contribution in [0.15, 0.2) is 29.4 Å². The van der Waals surface area contributed by atoms with Gasteiger partial charge in [-0.25, -0.2) is 9.82 Å². The molecule has 1 aromatic rings. The van der Waals surface area contributed by atoms with E-state index in [1.807, 2.05) is 12.1 Å². The van der Waals surface area contributed by atoms with Gasteiger partial charge < -0.3 is 0 Å². The van der Waals surface area contributed by atoms with Gasteiger partial charge >= 0.3 is 0 Å². The van der Waals surface area contributed by atoms with E-state index in [1.54, 1.807) is 13.0 Å². The van der Waals surface area contributed by atoms with Gasteiger partial charge in [-0.05, 0) is 18.6 Å². The first kappa shape index (κ1) is 13.7. The average Bonchev–Trinajstić information content (AvgIpc) is 2.77. The van der Waals surface area contributed by atoms with Gasteiger partial charge in [0.2, 0.25) is 5.91 Å². The number of carbonyl (C=O) groups is 1. The lowest BCUT2D eigenvalue weighted by molar-refractivity contribution is -0.122. The molecule has 1 aliphatic heterocycles. The number of halogens is 1. The summed E-state index contributed by atoms with van der Waals surface area (Å²) in [4.78, 5) is 11.9. The number of rotatable bonds is 3. The van der Waals surface area contributed by atoms with Crippen LogP contribution in [0.25, 0.3) is 0 Å². The van der Waals surface area contributed by atoms with E-state index in [0.29, 0.717) is 5.71 Å². The molecule has 20 heavy (non-hydrogen) atoms. The largest absolute Gasteiger partial charge is 0.272 e. The highest BCUT2D eigenvalue weighted by Crippen LogP contribution is 2.36. The molecule has 0 bridgehead atoms. The van der Waals surface area contributed by atoms with Crippen LogP contribution in [0.4, 0.5) is 4.39 Å². The maximum absolute atomic E-state index is 14.0. The highest BCUT2D eigenvalue weighted by molar-refractivity contribution is 6.07.